The molecule has 0 aromatic carbocycles. The smallest absolute Gasteiger partial charge is 0.449 e. The average Bonchev–Trinajstić information content (AvgIpc) is 2.26. The first-order valence-electron chi connectivity index (χ1n) is 7.18. The molecular formula is C13H22BF3KNO2. The van der Waals surface area contributed by atoms with Crippen LogP contribution in [-0.2, 0) is 4.74 Å². The second-order valence-corrected chi connectivity index (χ2v) is 7.34. The van der Waals surface area contributed by atoms with Crippen molar-refractivity contribution >= 4 is 13.1 Å². The Morgan fingerprint density at radius 1 is 1.05 bits per heavy atom. The summed E-state index contributed by atoms with van der Waals surface area (Å²) in [6.45, 7) is 0.497. The molecule has 0 atom stereocenters. The van der Waals surface area contributed by atoms with Crippen LogP contribution < -0.4 is 56.7 Å². The molecule has 0 radical (unpaired) electrons. The van der Waals surface area contributed by atoms with Gasteiger partial charge in [-0.05, 0) is 40.0 Å². The van der Waals surface area contributed by atoms with Crippen molar-refractivity contribution in [2.75, 3.05) is 0 Å². The van der Waals surface area contributed by atoms with Crippen molar-refractivity contribution in [1.29, 1.82) is 0 Å². The van der Waals surface area contributed by atoms with Gasteiger partial charge >= 0.3 is 64.5 Å². The third kappa shape index (κ3) is 4.40. The van der Waals surface area contributed by atoms with Crippen molar-refractivity contribution in [3.05, 3.63) is 0 Å². The molecule has 0 aliphatic heterocycles. The van der Waals surface area contributed by atoms with Crippen LogP contribution in [0.25, 0.3) is 0 Å². The van der Waals surface area contributed by atoms with E-state index in [9.17, 15) is 17.7 Å². The Morgan fingerprint density at radius 3 is 1.81 bits per heavy atom. The summed E-state index contributed by atoms with van der Waals surface area (Å²) < 4.78 is 44.8. The van der Waals surface area contributed by atoms with Crippen LogP contribution >= 0.6 is 0 Å². The molecule has 3 fully saturated rings. The summed E-state index contributed by atoms with van der Waals surface area (Å²) in [5.74, 6) is 0. The van der Waals surface area contributed by atoms with Crippen molar-refractivity contribution in [3.8, 4) is 0 Å². The fourth-order valence-corrected chi connectivity index (χ4v) is 3.41. The molecule has 1 amide bonds. The van der Waals surface area contributed by atoms with Gasteiger partial charge in [-0.15, -0.1) is 0 Å². The van der Waals surface area contributed by atoms with E-state index in [0.29, 0.717) is 19.3 Å². The minimum absolute atomic E-state index is 0. The van der Waals surface area contributed by atoms with E-state index in [2.05, 4.69) is 5.32 Å². The summed E-state index contributed by atoms with van der Waals surface area (Å²) in [4.78, 5) is 11.8. The van der Waals surface area contributed by atoms with Crippen LogP contribution in [0.15, 0.2) is 0 Å². The number of carbonyl (C=O) groups excluding carboxylic acids is 1. The Morgan fingerprint density at radius 2 is 1.48 bits per heavy atom. The number of nitrogens with one attached hydrogen (secondary N) is 1. The fraction of sp³-hybridized carbons (Fsp3) is 0.923. The Labute approximate surface area is 166 Å². The Bertz CT molecular complexity index is 385. The van der Waals surface area contributed by atoms with Gasteiger partial charge in [0.25, 0.3) is 0 Å². The average molecular weight is 331 g/mol. The molecule has 0 saturated heterocycles. The standard InChI is InChI=1S/C13H22BF3NO2.K/c1-11(2,3)20-10(19)18-13-7-4-12(5-8-13,6-9-13)14(15,16)17;/h4-9H2,1-3H3,(H,18,19);/q-1;+1. The number of fused-ring (bicyclic) bond motifs is 3. The molecule has 3 saturated carbocycles. The Balaban J connectivity index is 0.00000220. The number of hydrogen-bond acceptors (Lipinski definition) is 2. The quantitative estimate of drug-likeness (QED) is 0.773. The van der Waals surface area contributed by atoms with E-state index in [1.807, 2.05) is 0 Å². The van der Waals surface area contributed by atoms with Crippen molar-refractivity contribution in [2.45, 2.75) is 75.8 Å². The second-order valence-electron chi connectivity index (χ2n) is 7.34. The molecule has 0 unspecified atom stereocenters. The zero-order valence-electron chi connectivity index (χ0n) is 13.3. The largest absolute Gasteiger partial charge is 1.00 e. The number of amides is 1. The van der Waals surface area contributed by atoms with E-state index in [1.54, 1.807) is 20.8 Å². The van der Waals surface area contributed by atoms with Gasteiger partial charge in [-0.3, -0.25) is 0 Å². The van der Waals surface area contributed by atoms with Crippen molar-refractivity contribution in [3.63, 3.8) is 0 Å². The molecule has 3 rings (SSSR count). The predicted molar refractivity (Wildman–Crippen MR) is 71.6 cm³/mol. The summed E-state index contributed by atoms with van der Waals surface area (Å²) in [5.41, 5.74) is -1.09. The SMILES string of the molecule is CC(C)(C)OC(=O)NC12CCC([B-](F)(F)F)(CC1)CC2.[K+]. The predicted octanol–water partition coefficient (Wildman–Crippen LogP) is 1.21. The maximum Gasteiger partial charge on any atom is 1.00 e. The van der Waals surface area contributed by atoms with E-state index in [4.69, 9.17) is 4.74 Å². The molecule has 1 N–H and O–H groups in total. The van der Waals surface area contributed by atoms with Gasteiger partial charge in [0.1, 0.15) is 5.60 Å². The minimum atomic E-state index is -4.80. The first-order chi connectivity index (χ1) is 8.97. The van der Waals surface area contributed by atoms with Crippen molar-refractivity contribution in [1.82, 2.24) is 5.32 Å². The van der Waals surface area contributed by atoms with Gasteiger partial charge < -0.3 is 23.0 Å². The van der Waals surface area contributed by atoms with Gasteiger partial charge in [-0.2, -0.15) is 0 Å². The van der Waals surface area contributed by atoms with Gasteiger partial charge in [-0.25, -0.2) is 4.79 Å². The van der Waals surface area contributed by atoms with Gasteiger partial charge in [0, 0.05) is 5.54 Å². The summed E-state index contributed by atoms with van der Waals surface area (Å²) in [6.07, 6.45) is 1.06. The number of hydrogen-bond donors (Lipinski definition) is 1. The molecule has 2 bridgehead atoms. The summed E-state index contributed by atoms with van der Waals surface area (Å²) >= 11 is 0. The molecule has 3 aliphatic carbocycles. The number of alkyl carbamates (subject to hydrolysis) is 1. The molecule has 8 heteroatoms. The van der Waals surface area contributed by atoms with Crippen molar-refractivity contribution < 1.29 is 73.9 Å². The van der Waals surface area contributed by atoms with Crippen molar-refractivity contribution in [2.24, 2.45) is 0 Å². The monoisotopic (exact) mass is 331 g/mol. The zero-order valence-corrected chi connectivity index (χ0v) is 16.4. The Kier molecular flexibility index (Phi) is 5.98. The van der Waals surface area contributed by atoms with E-state index in [1.165, 1.54) is 0 Å². The summed E-state index contributed by atoms with van der Waals surface area (Å²) in [5, 5.41) is 1.36. The zero-order chi connectivity index (χ0) is 15.2. The first kappa shape index (κ1) is 19.8. The van der Waals surface area contributed by atoms with E-state index < -0.39 is 29.5 Å². The molecule has 3 aliphatic rings. The molecular weight excluding hydrogens is 309 g/mol. The molecule has 0 aromatic rings. The number of ether oxygens (including phenoxy) is 1. The fourth-order valence-electron chi connectivity index (χ4n) is 3.41. The Hall–Kier alpha value is 0.761. The van der Waals surface area contributed by atoms with Gasteiger partial charge in [0.15, 0.2) is 0 Å². The number of halogens is 3. The van der Waals surface area contributed by atoms with Crippen LogP contribution in [0.4, 0.5) is 17.7 Å². The number of carbonyl (C=O) groups is 1. The maximum atomic E-state index is 13.2. The minimum Gasteiger partial charge on any atom is -0.449 e. The molecule has 0 heterocycles. The van der Waals surface area contributed by atoms with E-state index in [0.717, 1.165) is 0 Å². The van der Waals surface area contributed by atoms with E-state index in [-0.39, 0.29) is 70.6 Å². The molecule has 0 spiro atoms. The number of rotatable bonds is 2. The van der Waals surface area contributed by atoms with Gasteiger partial charge in [0.2, 0.25) is 0 Å². The van der Waals surface area contributed by atoms with E-state index >= 15 is 0 Å². The second kappa shape index (κ2) is 6.34. The van der Waals surface area contributed by atoms with Gasteiger partial charge in [0.05, 0.1) is 0 Å². The van der Waals surface area contributed by atoms with Gasteiger partial charge in [-0.1, -0.05) is 24.6 Å². The summed E-state index contributed by atoms with van der Waals surface area (Å²) in [6, 6.07) is 0. The van der Waals surface area contributed by atoms with Crippen LogP contribution in [0.5, 0.6) is 0 Å². The third-order valence-electron chi connectivity index (χ3n) is 4.76. The molecule has 3 nitrogen and oxygen atoms in total. The third-order valence-corrected chi connectivity index (χ3v) is 4.76. The van der Waals surface area contributed by atoms with Crippen LogP contribution in [0.1, 0.15) is 59.3 Å². The van der Waals surface area contributed by atoms with Crippen LogP contribution in [0.3, 0.4) is 0 Å². The summed E-state index contributed by atoms with van der Waals surface area (Å²) in [7, 11) is 0. The molecule has 0 aromatic heterocycles. The molecule has 116 valence electrons. The maximum absolute atomic E-state index is 13.2. The van der Waals surface area contributed by atoms with Crippen LogP contribution in [0, 0.1) is 0 Å². The van der Waals surface area contributed by atoms with Crippen LogP contribution in [0.2, 0.25) is 5.31 Å². The normalized spacial score (nSPS) is 32.3. The van der Waals surface area contributed by atoms with Crippen LogP contribution in [-0.4, -0.2) is 24.2 Å². The topological polar surface area (TPSA) is 38.3 Å². The first-order valence-corrected chi connectivity index (χ1v) is 7.18. The molecule has 21 heavy (non-hydrogen) atoms.